The molecule has 0 spiro atoms. The standard InChI is InChI=1S/C32H32F2N6O2S/c1-38-9-11-40(12-10-38)21-7-5-20(6-8-21)35-30-32(42)39(2)17-27(36-30)23-14-26(25(34)16-24(23)33)37-31(41)28-15-22-18-3-4-19(13-18)29(22)43-28/h5-8,14-19H,3-4,9-13H2,1-2H3,(H,35,36)(H,37,41). The molecule has 1 amide bonds. The van der Waals surface area contributed by atoms with Crippen LogP contribution in [0.1, 0.15) is 51.2 Å². The van der Waals surface area contributed by atoms with Gasteiger partial charge in [0.25, 0.3) is 11.5 Å². The summed E-state index contributed by atoms with van der Waals surface area (Å²) in [6, 6.07) is 11.6. The maximum atomic E-state index is 15.1. The minimum Gasteiger partial charge on any atom is -0.369 e. The molecule has 3 heterocycles. The van der Waals surface area contributed by atoms with Crippen LogP contribution in [-0.2, 0) is 7.05 Å². The van der Waals surface area contributed by atoms with Crippen LogP contribution in [0.15, 0.2) is 53.5 Å². The molecule has 222 valence electrons. The van der Waals surface area contributed by atoms with E-state index in [1.54, 1.807) is 7.05 Å². The lowest BCUT2D eigenvalue weighted by molar-refractivity contribution is 0.103. The molecule has 4 aromatic rings. The number of carbonyl (C=O) groups excluding carboxylic acids is 1. The van der Waals surface area contributed by atoms with Crippen molar-refractivity contribution in [3.63, 3.8) is 0 Å². The fraction of sp³-hybridized carbons (Fsp3) is 0.344. The molecule has 1 saturated carbocycles. The topological polar surface area (TPSA) is 82.5 Å². The highest BCUT2D eigenvalue weighted by Crippen LogP contribution is 2.56. The predicted octanol–water partition coefficient (Wildman–Crippen LogP) is 5.90. The van der Waals surface area contributed by atoms with Crippen molar-refractivity contribution >= 4 is 40.1 Å². The maximum Gasteiger partial charge on any atom is 0.293 e. The second-order valence-electron chi connectivity index (χ2n) is 11.8. The number of anilines is 4. The zero-order valence-electron chi connectivity index (χ0n) is 24.0. The van der Waals surface area contributed by atoms with E-state index in [1.165, 1.54) is 38.6 Å². The molecular weight excluding hydrogens is 570 g/mol. The molecule has 2 aliphatic carbocycles. The summed E-state index contributed by atoms with van der Waals surface area (Å²) in [5.74, 6) is -1.12. The van der Waals surface area contributed by atoms with Crippen LogP contribution >= 0.6 is 11.3 Å². The number of halogens is 2. The van der Waals surface area contributed by atoms with Crippen LogP contribution in [0.2, 0.25) is 0 Å². The number of hydrogen-bond donors (Lipinski definition) is 2. The summed E-state index contributed by atoms with van der Waals surface area (Å²) in [5, 5.41) is 5.68. The Bertz CT molecular complexity index is 1750. The van der Waals surface area contributed by atoms with Crippen LogP contribution in [0.3, 0.4) is 0 Å². The monoisotopic (exact) mass is 602 g/mol. The number of fused-ring (bicyclic) bond motifs is 5. The zero-order chi connectivity index (χ0) is 29.8. The number of thiophene rings is 1. The molecule has 11 heteroatoms. The Morgan fingerprint density at radius 2 is 1.72 bits per heavy atom. The van der Waals surface area contributed by atoms with E-state index in [1.807, 2.05) is 30.3 Å². The highest BCUT2D eigenvalue weighted by atomic mass is 32.1. The smallest absolute Gasteiger partial charge is 0.293 e. The molecule has 1 saturated heterocycles. The highest BCUT2D eigenvalue weighted by molar-refractivity contribution is 7.14. The summed E-state index contributed by atoms with van der Waals surface area (Å²) in [5.41, 5.74) is 2.53. The minimum atomic E-state index is -0.887. The Morgan fingerprint density at radius 3 is 2.47 bits per heavy atom. The molecule has 2 aromatic heterocycles. The van der Waals surface area contributed by atoms with E-state index in [-0.39, 0.29) is 22.8 Å². The average molecular weight is 603 g/mol. The average Bonchev–Trinajstić information content (AvgIpc) is 3.72. The first-order valence-corrected chi connectivity index (χ1v) is 15.4. The van der Waals surface area contributed by atoms with E-state index in [0.717, 1.165) is 57.2 Å². The first kappa shape index (κ1) is 27.7. The number of hydrogen-bond acceptors (Lipinski definition) is 7. The van der Waals surface area contributed by atoms with E-state index >= 15 is 4.39 Å². The van der Waals surface area contributed by atoms with Gasteiger partial charge in [-0.2, -0.15) is 0 Å². The normalized spacial score (nSPS) is 19.5. The van der Waals surface area contributed by atoms with Crippen molar-refractivity contribution in [2.24, 2.45) is 7.05 Å². The third kappa shape index (κ3) is 5.21. The second kappa shape index (κ2) is 10.9. The molecule has 2 unspecified atom stereocenters. The molecule has 2 aromatic carbocycles. The van der Waals surface area contributed by atoms with E-state index in [9.17, 15) is 14.0 Å². The first-order valence-electron chi connectivity index (χ1n) is 14.6. The molecule has 2 fully saturated rings. The Labute approximate surface area is 252 Å². The number of benzene rings is 2. The van der Waals surface area contributed by atoms with Gasteiger partial charge in [0.15, 0.2) is 5.82 Å². The van der Waals surface area contributed by atoms with Gasteiger partial charge in [-0.3, -0.25) is 9.59 Å². The number of rotatable bonds is 6. The van der Waals surface area contributed by atoms with Crippen LogP contribution in [0.4, 0.5) is 31.7 Å². The molecule has 2 bridgehead atoms. The molecule has 43 heavy (non-hydrogen) atoms. The number of aryl methyl sites for hydroxylation is 1. The molecule has 1 aliphatic heterocycles. The summed E-state index contributed by atoms with van der Waals surface area (Å²) < 4.78 is 31.3. The Kier molecular flexibility index (Phi) is 7.01. The predicted molar refractivity (Wildman–Crippen MR) is 166 cm³/mol. The second-order valence-corrected chi connectivity index (χ2v) is 12.8. The number of likely N-dealkylation sites (N-methyl/N-ethyl adjacent to an activating group) is 1. The van der Waals surface area contributed by atoms with Crippen molar-refractivity contribution < 1.29 is 13.6 Å². The molecule has 7 rings (SSSR count). The lowest BCUT2D eigenvalue weighted by Gasteiger charge is -2.34. The Hall–Kier alpha value is -4.09. The molecule has 2 atom stereocenters. The highest BCUT2D eigenvalue weighted by Gasteiger charge is 2.39. The van der Waals surface area contributed by atoms with Gasteiger partial charge in [-0.15, -0.1) is 11.3 Å². The number of amides is 1. The fourth-order valence-corrected chi connectivity index (χ4v) is 7.76. The molecule has 8 nitrogen and oxygen atoms in total. The van der Waals surface area contributed by atoms with Crippen LogP contribution in [0.5, 0.6) is 0 Å². The molecule has 0 radical (unpaired) electrons. The first-order chi connectivity index (χ1) is 20.7. The van der Waals surface area contributed by atoms with Gasteiger partial charge < -0.3 is 25.0 Å². The van der Waals surface area contributed by atoms with Crippen molar-refractivity contribution in [3.05, 3.63) is 86.0 Å². The van der Waals surface area contributed by atoms with Crippen molar-refractivity contribution in [2.75, 3.05) is 48.8 Å². The lowest BCUT2D eigenvalue weighted by atomic mass is 9.99. The summed E-state index contributed by atoms with van der Waals surface area (Å²) >= 11 is 1.47. The van der Waals surface area contributed by atoms with Gasteiger partial charge in [-0.25, -0.2) is 13.8 Å². The number of nitrogens with zero attached hydrogens (tertiary/aromatic N) is 4. The van der Waals surface area contributed by atoms with Crippen LogP contribution in [0.25, 0.3) is 11.3 Å². The van der Waals surface area contributed by atoms with Gasteiger partial charge >= 0.3 is 0 Å². The van der Waals surface area contributed by atoms with Crippen molar-refractivity contribution in [1.82, 2.24) is 14.5 Å². The van der Waals surface area contributed by atoms with E-state index in [0.29, 0.717) is 22.4 Å². The summed E-state index contributed by atoms with van der Waals surface area (Å²) in [4.78, 5) is 36.8. The molecule has 2 N–H and O–H groups in total. The largest absolute Gasteiger partial charge is 0.369 e. The molecule has 3 aliphatic rings. The third-order valence-corrected chi connectivity index (χ3v) is 10.2. The van der Waals surface area contributed by atoms with Gasteiger partial charge in [0.2, 0.25) is 0 Å². The van der Waals surface area contributed by atoms with Gasteiger partial charge in [0, 0.05) is 67.3 Å². The van der Waals surface area contributed by atoms with Crippen molar-refractivity contribution in [2.45, 2.75) is 31.1 Å². The zero-order valence-corrected chi connectivity index (χ0v) is 24.8. The SMILES string of the molecule is CN1CCN(c2ccc(Nc3nc(-c4cc(NC(=O)c5cc6c(s5)C5CCC6C5)c(F)cc4F)cn(C)c3=O)cc2)CC1. The van der Waals surface area contributed by atoms with Gasteiger partial charge in [-0.05, 0) is 80.1 Å². The molecular formula is C32H32F2N6O2S. The third-order valence-electron chi connectivity index (χ3n) is 8.91. The quantitative estimate of drug-likeness (QED) is 0.286. The number of piperazine rings is 1. The van der Waals surface area contributed by atoms with Crippen LogP contribution < -0.4 is 21.1 Å². The van der Waals surface area contributed by atoms with E-state index in [4.69, 9.17) is 0 Å². The fourth-order valence-electron chi connectivity index (χ4n) is 6.47. The number of nitrogens with one attached hydrogen (secondary N) is 2. The Morgan fingerprint density at radius 1 is 0.977 bits per heavy atom. The summed E-state index contributed by atoms with van der Waals surface area (Å²) in [7, 11) is 3.65. The lowest BCUT2D eigenvalue weighted by Crippen LogP contribution is -2.44. The Balaban J connectivity index is 1.13. The van der Waals surface area contributed by atoms with Gasteiger partial charge in [0.05, 0.1) is 16.3 Å². The summed E-state index contributed by atoms with van der Waals surface area (Å²) in [6.45, 7) is 3.87. The van der Waals surface area contributed by atoms with Crippen molar-refractivity contribution in [1.29, 1.82) is 0 Å². The van der Waals surface area contributed by atoms with Crippen molar-refractivity contribution in [3.8, 4) is 11.3 Å². The van der Waals surface area contributed by atoms with Gasteiger partial charge in [-0.1, -0.05) is 0 Å². The van der Waals surface area contributed by atoms with E-state index < -0.39 is 23.1 Å². The maximum absolute atomic E-state index is 15.1. The van der Waals surface area contributed by atoms with Crippen LogP contribution in [-0.4, -0.2) is 53.6 Å². The number of carbonyl (C=O) groups is 1. The van der Waals surface area contributed by atoms with E-state index in [2.05, 4.69) is 32.5 Å². The van der Waals surface area contributed by atoms with Gasteiger partial charge in [0.1, 0.15) is 11.6 Å². The van der Waals surface area contributed by atoms with Crippen LogP contribution in [0, 0.1) is 11.6 Å². The number of aromatic nitrogens is 2. The summed E-state index contributed by atoms with van der Waals surface area (Å²) in [6.07, 6.45) is 4.85. The minimum absolute atomic E-state index is 0.00406.